The van der Waals surface area contributed by atoms with E-state index in [9.17, 15) is 4.79 Å². The summed E-state index contributed by atoms with van der Waals surface area (Å²) in [5.41, 5.74) is 0. The number of rotatable bonds is 3. The van der Waals surface area contributed by atoms with E-state index in [4.69, 9.17) is 5.11 Å². The van der Waals surface area contributed by atoms with Crippen molar-refractivity contribution < 1.29 is 9.90 Å². The van der Waals surface area contributed by atoms with Gasteiger partial charge in [0, 0.05) is 13.0 Å². The fraction of sp³-hybridized carbons (Fsp3) is 0.700. The highest BCUT2D eigenvalue weighted by Gasteiger charge is 2.23. The predicted molar refractivity (Wildman–Crippen MR) is 53.6 cm³/mol. The maximum absolute atomic E-state index is 10.6. The van der Waals surface area contributed by atoms with Crippen molar-refractivity contribution >= 4 is 5.97 Å². The lowest BCUT2D eigenvalue weighted by atomic mass is 10.1. The molecule has 82 valence electrons. The molecular weight excluding hydrogens is 194 g/mol. The Balaban J connectivity index is 2.18. The van der Waals surface area contributed by atoms with Gasteiger partial charge < -0.3 is 9.67 Å². The Morgan fingerprint density at radius 1 is 1.47 bits per heavy atom. The third kappa shape index (κ3) is 2.00. The number of carboxylic acids is 1. The van der Waals surface area contributed by atoms with Crippen molar-refractivity contribution in [3.8, 4) is 0 Å². The highest BCUT2D eigenvalue weighted by molar-refractivity contribution is 5.69. The molecule has 0 aromatic carbocycles. The third-order valence-corrected chi connectivity index (χ3v) is 3.03. The lowest BCUT2D eigenvalue weighted by Crippen LogP contribution is -2.09. The molecule has 1 aromatic heterocycles. The molecule has 5 nitrogen and oxygen atoms in total. The molecule has 15 heavy (non-hydrogen) atoms. The molecule has 0 bridgehead atoms. The molecule has 0 radical (unpaired) electrons. The zero-order valence-corrected chi connectivity index (χ0v) is 8.81. The fourth-order valence-electron chi connectivity index (χ4n) is 2.20. The van der Waals surface area contributed by atoms with Gasteiger partial charge in [-0.15, -0.1) is 10.2 Å². The van der Waals surface area contributed by atoms with Crippen LogP contribution >= 0.6 is 0 Å². The average molecular weight is 209 g/mol. The first-order valence-corrected chi connectivity index (χ1v) is 5.28. The SMILES string of the molecule is Cn1c(CC(=O)O)nnc1C1CCCC1. The van der Waals surface area contributed by atoms with Crippen LogP contribution in [0.1, 0.15) is 43.3 Å². The summed E-state index contributed by atoms with van der Waals surface area (Å²) in [6, 6.07) is 0. The van der Waals surface area contributed by atoms with Crippen molar-refractivity contribution in [2.45, 2.75) is 38.0 Å². The molecule has 1 aliphatic rings. The van der Waals surface area contributed by atoms with Gasteiger partial charge in [0.2, 0.25) is 0 Å². The van der Waals surface area contributed by atoms with E-state index in [0.29, 0.717) is 11.7 Å². The molecule has 0 amide bonds. The van der Waals surface area contributed by atoms with E-state index >= 15 is 0 Å². The lowest BCUT2D eigenvalue weighted by Gasteiger charge is -2.08. The van der Waals surface area contributed by atoms with E-state index in [1.165, 1.54) is 12.8 Å². The first-order chi connectivity index (χ1) is 7.18. The van der Waals surface area contributed by atoms with Crippen LogP contribution in [-0.2, 0) is 18.3 Å². The lowest BCUT2D eigenvalue weighted by molar-refractivity contribution is -0.136. The van der Waals surface area contributed by atoms with Crippen LogP contribution in [0.2, 0.25) is 0 Å². The van der Waals surface area contributed by atoms with Gasteiger partial charge in [-0.25, -0.2) is 0 Å². The Morgan fingerprint density at radius 2 is 2.13 bits per heavy atom. The largest absolute Gasteiger partial charge is 0.481 e. The van der Waals surface area contributed by atoms with Crippen molar-refractivity contribution in [3.63, 3.8) is 0 Å². The Morgan fingerprint density at radius 3 is 2.73 bits per heavy atom. The molecule has 0 atom stereocenters. The number of hydrogen-bond acceptors (Lipinski definition) is 3. The monoisotopic (exact) mass is 209 g/mol. The van der Waals surface area contributed by atoms with E-state index in [2.05, 4.69) is 10.2 Å². The van der Waals surface area contributed by atoms with Crippen LogP contribution in [0.4, 0.5) is 0 Å². The summed E-state index contributed by atoms with van der Waals surface area (Å²) in [7, 11) is 1.85. The molecule has 0 aliphatic heterocycles. The van der Waals surface area contributed by atoms with Gasteiger partial charge in [0.15, 0.2) is 0 Å². The van der Waals surface area contributed by atoms with Gasteiger partial charge in [0.05, 0.1) is 0 Å². The van der Waals surface area contributed by atoms with Crippen LogP contribution in [-0.4, -0.2) is 25.8 Å². The van der Waals surface area contributed by atoms with E-state index in [1.54, 1.807) is 0 Å². The quantitative estimate of drug-likeness (QED) is 0.809. The summed E-state index contributed by atoms with van der Waals surface area (Å²) in [5.74, 6) is 1.11. The molecule has 0 saturated heterocycles. The Bertz CT molecular complexity index is 367. The minimum atomic E-state index is -0.858. The van der Waals surface area contributed by atoms with Crippen LogP contribution < -0.4 is 0 Å². The maximum Gasteiger partial charge on any atom is 0.311 e. The number of hydrogen-bond donors (Lipinski definition) is 1. The Labute approximate surface area is 88.1 Å². The molecule has 1 heterocycles. The van der Waals surface area contributed by atoms with Crippen molar-refractivity contribution in [2.24, 2.45) is 7.05 Å². The number of nitrogens with zero attached hydrogens (tertiary/aromatic N) is 3. The molecule has 2 rings (SSSR count). The first kappa shape index (κ1) is 10.1. The number of carbonyl (C=O) groups is 1. The standard InChI is InChI=1S/C10H15N3O2/c1-13-8(6-9(14)15)11-12-10(13)7-4-2-3-5-7/h7H,2-6H2,1H3,(H,14,15). The number of aliphatic carboxylic acids is 1. The van der Waals surface area contributed by atoms with Gasteiger partial charge in [-0.1, -0.05) is 12.8 Å². The van der Waals surface area contributed by atoms with Crippen LogP contribution in [0.3, 0.4) is 0 Å². The van der Waals surface area contributed by atoms with Crippen molar-refractivity contribution in [3.05, 3.63) is 11.6 Å². The predicted octanol–water partition coefficient (Wildman–Crippen LogP) is 1.10. The third-order valence-electron chi connectivity index (χ3n) is 3.03. The number of carboxylic acid groups (broad SMARTS) is 1. The van der Waals surface area contributed by atoms with Gasteiger partial charge in [0.25, 0.3) is 0 Å². The van der Waals surface area contributed by atoms with Gasteiger partial charge in [-0.2, -0.15) is 0 Å². The highest BCUT2D eigenvalue weighted by Crippen LogP contribution is 2.32. The average Bonchev–Trinajstić information content (AvgIpc) is 2.76. The van der Waals surface area contributed by atoms with E-state index in [1.807, 2.05) is 11.6 Å². The summed E-state index contributed by atoms with van der Waals surface area (Å²) in [6.45, 7) is 0. The molecule has 5 heteroatoms. The van der Waals surface area contributed by atoms with Crippen LogP contribution in [0, 0.1) is 0 Å². The minimum Gasteiger partial charge on any atom is -0.481 e. The van der Waals surface area contributed by atoms with Crippen LogP contribution in [0.25, 0.3) is 0 Å². The summed E-state index contributed by atoms with van der Waals surface area (Å²) >= 11 is 0. The molecule has 1 fully saturated rings. The maximum atomic E-state index is 10.6. The molecule has 1 saturated carbocycles. The second kappa shape index (κ2) is 4.00. The Kier molecular flexibility index (Phi) is 2.70. The fourth-order valence-corrected chi connectivity index (χ4v) is 2.20. The summed E-state index contributed by atoms with van der Waals surface area (Å²) in [6.07, 6.45) is 4.74. The first-order valence-electron chi connectivity index (χ1n) is 5.28. The van der Waals surface area contributed by atoms with E-state index < -0.39 is 5.97 Å². The summed E-state index contributed by atoms with van der Waals surface area (Å²) in [4.78, 5) is 10.6. The topological polar surface area (TPSA) is 68.0 Å². The van der Waals surface area contributed by atoms with Gasteiger partial charge in [-0.3, -0.25) is 4.79 Å². The Hall–Kier alpha value is -1.39. The molecular formula is C10H15N3O2. The van der Waals surface area contributed by atoms with Crippen molar-refractivity contribution in [1.29, 1.82) is 0 Å². The van der Waals surface area contributed by atoms with Crippen LogP contribution in [0.15, 0.2) is 0 Å². The van der Waals surface area contributed by atoms with Gasteiger partial charge in [-0.05, 0) is 12.8 Å². The zero-order chi connectivity index (χ0) is 10.8. The molecule has 1 N–H and O–H groups in total. The van der Waals surface area contributed by atoms with E-state index in [-0.39, 0.29) is 6.42 Å². The zero-order valence-electron chi connectivity index (χ0n) is 8.81. The number of aromatic nitrogens is 3. The van der Waals surface area contributed by atoms with Crippen molar-refractivity contribution in [2.75, 3.05) is 0 Å². The molecule has 0 unspecified atom stereocenters. The minimum absolute atomic E-state index is 0.0454. The summed E-state index contributed by atoms with van der Waals surface area (Å²) < 4.78 is 1.84. The second-order valence-corrected chi connectivity index (χ2v) is 4.09. The van der Waals surface area contributed by atoms with Crippen molar-refractivity contribution in [1.82, 2.24) is 14.8 Å². The second-order valence-electron chi connectivity index (χ2n) is 4.09. The van der Waals surface area contributed by atoms with Gasteiger partial charge >= 0.3 is 5.97 Å². The van der Waals surface area contributed by atoms with E-state index in [0.717, 1.165) is 18.7 Å². The molecule has 1 aliphatic carbocycles. The highest BCUT2D eigenvalue weighted by atomic mass is 16.4. The molecule has 0 spiro atoms. The van der Waals surface area contributed by atoms with Crippen LogP contribution in [0.5, 0.6) is 0 Å². The van der Waals surface area contributed by atoms with Gasteiger partial charge in [0.1, 0.15) is 18.1 Å². The summed E-state index contributed by atoms with van der Waals surface area (Å²) in [5, 5.41) is 16.7. The molecule has 1 aromatic rings. The normalized spacial score (nSPS) is 17.1. The smallest absolute Gasteiger partial charge is 0.311 e.